The lowest BCUT2D eigenvalue weighted by Crippen LogP contribution is -2.12. The fraction of sp³-hybridized carbons (Fsp3) is 0.105. The first kappa shape index (κ1) is 18.0. The van der Waals surface area contributed by atoms with Gasteiger partial charge in [0.1, 0.15) is 11.8 Å². The van der Waals surface area contributed by atoms with Crippen LogP contribution in [0.25, 0.3) is 16.3 Å². The number of benzene rings is 2. The molecule has 0 N–H and O–H groups in total. The Hall–Kier alpha value is -2.82. The van der Waals surface area contributed by atoms with Crippen molar-refractivity contribution in [1.82, 2.24) is 4.98 Å². The molecule has 0 aliphatic carbocycles. The van der Waals surface area contributed by atoms with Gasteiger partial charge in [-0.25, -0.2) is 9.78 Å². The van der Waals surface area contributed by atoms with Gasteiger partial charge in [0.05, 0.1) is 22.2 Å². The molecule has 26 heavy (non-hydrogen) atoms. The van der Waals surface area contributed by atoms with Gasteiger partial charge in [-0.05, 0) is 47.7 Å². The van der Waals surface area contributed by atoms with Crippen molar-refractivity contribution in [2.24, 2.45) is 0 Å². The summed E-state index contributed by atoms with van der Waals surface area (Å²) in [7, 11) is 1.31. The predicted octanol–water partition coefficient (Wildman–Crippen LogP) is 4.50. The molecule has 1 heterocycles. The summed E-state index contributed by atoms with van der Waals surface area (Å²) in [5.41, 5.74) is 1.80. The van der Waals surface area contributed by atoms with E-state index in [9.17, 15) is 10.1 Å². The van der Waals surface area contributed by atoms with Gasteiger partial charge in [0.2, 0.25) is 0 Å². The fourth-order valence-corrected chi connectivity index (χ4v) is 4.06. The predicted molar refractivity (Wildman–Crippen MR) is 103 cm³/mol. The molecule has 0 bridgehead atoms. The molecule has 0 radical (unpaired) electrons. The molecule has 0 saturated heterocycles. The second-order valence-corrected chi connectivity index (χ2v) is 7.42. The van der Waals surface area contributed by atoms with Crippen LogP contribution in [-0.2, 0) is 9.53 Å². The molecule has 0 fully saturated rings. The standard InChI is InChI=1S/C19H14N2O3S2/c1-23-18(22)12-24-14-8-6-13(7-9-14)10-15(11-20)25-19-21-16-4-2-3-5-17(16)26-19/h2-10H,12H2,1H3/b15-10+. The molecular formula is C19H14N2O3S2. The summed E-state index contributed by atoms with van der Waals surface area (Å²) in [6.45, 7) is -0.136. The minimum absolute atomic E-state index is 0.136. The normalized spacial score (nSPS) is 11.2. The minimum Gasteiger partial charge on any atom is -0.482 e. The summed E-state index contributed by atoms with van der Waals surface area (Å²) < 4.78 is 11.8. The number of esters is 1. The maximum Gasteiger partial charge on any atom is 0.343 e. The van der Waals surface area contributed by atoms with Gasteiger partial charge in [0.15, 0.2) is 10.9 Å². The smallest absolute Gasteiger partial charge is 0.343 e. The fourth-order valence-electron chi connectivity index (χ4n) is 2.09. The highest BCUT2D eigenvalue weighted by Crippen LogP contribution is 2.34. The van der Waals surface area contributed by atoms with Crippen LogP contribution in [0.4, 0.5) is 0 Å². The van der Waals surface area contributed by atoms with E-state index in [4.69, 9.17) is 4.74 Å². The number of fused-ring (bicyclic) bond motifs is 1. The second kappa shape index (κ2) is 8.52. The Balaban J connectivity index is 1.70. The van der Waals surface area contributed by atoms with Gasteiger partial charge < -0.3 is 9.47 Å². The Labute approximate surface area is 158 Å². The number of allylic oxidation sites excluding steroid dienone is 1. The van der Waals surface area contributed by atoms with Crippen molar-refractivity contribution in [1.29, 1.82) is 5.26 Å². The number of para-hydroxylation sites is 1. The molecule has 0 unspecified atom stereocenters. The zero-order chi connectivity index (χ0) is 18.4. The third-order valence-electron chi connectivity index (χ3n) is 3.34. The van der Waals surface area contributed by atoms with E-state index in [0.717, 1.165) is 20.1 Å². The van der Waals surface area contributed by atoms with Crippen molar-refractivity contribution in [3.05, 3.63) is 59.0 Å². The zero-order valence-electron chi connectivity index (χ0n) is 13.8. The zero-order valence-corrected chi connectivity index (χ0v) is 15.5. The molecule has 130 valence electrons. The SMILES string of the molecule is COC(=O)COc1ccc(/C=C(\C#N)Sc2nc3ccccc3s2)cc1. The molecule has 3 rings (SSSR count). The van der Waals surface area contributed by atoms with E-state index in [1.807, 2.05) is 36.4 Å². The topological polar surface area (TPSA) is 72.2 Å². The molecule has 7 heteroatoms. The van der Waals surface area contributed by atoms with Crippen molar-refractivity contribution < 1.29 is 14.3 Å². The number of nitrogens with zero attached hydrogens (tertiary/aromatic N) is 2. The molecule has 0 aliphatic heterocycles. The lowest BCUT2D eigenvalue weighted by atomic mass is 10.2. The number of carbonyl (C=O) groups is 1. The quantitative estimate of drug-likeness (QED) is 0.355. The van der Waals surface area contributed by atoms with Crippen molar-refractivity contribution >= 4 is 45.4 Å². The lowest BCUT2D eigenvalue weighted by molar-refractivity contribution is -0.142. The van der Waals surface area contributed by atoms with Gasteiger partial charge in [0, 0.05) is 0 Å². The highest BCUT2D eigenvalue weighted by atomic mass is 32.2. The minimum atomic E-state index is -0.437. The molecule has 0 atom stereocenters. The summed E-state index contributed by atoms with van der Waals surface area (Å²) in [4.78, 5) is 16.2. The third kappa shape index (κ3) is 4.63. The number of hydrogen-bond donors (Lipinski definition) is 0. The van der Waals surface area contributed by atoms with E-state index in [-0.39, 0.29) is 6.61 Å². The first-order chi connectivity index (χ1) is 12.7. The van der Waals surface area contributed by atoms with Crippen LogP contribution in [-0.4, -0.2) is 24.7 Å². The maximum absolute atomic E-state index is 11.1. The molecule has 1 aromatic heterocycles. The number of hydrogen-bond acceptors (Lipinski definition) is 7. The van der Waals surface area contributed by atoms with E-state index in [2.05, 4.69) is 15.8 Å². The van der Waals surface area contributed by atoms with Gasteiger partial charge >= 0.3 is 5.97 Å². The van der Waals surface area contributed by atoms with Crippen LogP contribution in [0.3, 0.4) is 0 Å². The van der Waals surface area contributed by atoms with Gasteiger partial charge in [-0.1, -0.05) is 24.3 Å². The number of nitriles is 1. The number of methoxy groups -OCH3 is 1. The summed E-state index contributed by atoms with van der Waals surface area (Å²) in [5, 5.41) is 9.41. The first-order valence-electron chi connectivity index (χ1n) is 7.63. The lowest BCUT2D eigenvalue weighted by Gasteiger charge is -2.04. The Morgan fingerprint density at radius 2 is 2.04 bits per heavy atom. The largest absolute Gasteiger partial charge is 0.482 e. The van der Waals surface area contributed by atoms with E-state index in [1.165, 1.54) is 18.9 Å². The first-order valence-corrected chi connectivity index (χ1v) is 9.26. The Morgan fingerprint density at radius 3 is 2.73 bits per heavy atom. The number of aromatic nitrogens is 1. The molecule has 3 aromatic rings. The number of thioether (sulfide) groups is 1. The maximum atomic E-state index is 11.1. The molecule has 0 aliphatic rings. The van der Waals surface area contributed by atoms with Crippen LogP contribution in [0.1, 0.15) is 5.56 Å². The highest BCUT2D eigenvalue weighted by molar-refractivity contribution is 8.05. The number of ether oxygens (including phenoxy) is 2. The average Bonchev–Trinajstić information content (AvgIpc) is 3.08. The van der Waals surface area contributed by atoms with Gasteiger partial charge in [-0.15, -0.1) is 11.3 Å². The average molecular weight is 382 g/mol. The van der Waals surface area contributed by atoms with E-state index in [1.54, 1.807) is 29.5 Å². The van der Waals surface area contributed by atoms with Crippen molar-refractivity contribution in [2.45, 2.75) is 4.34 Å². The summed E-state index contributed by atoms with van der Waals surface area (Å²) >= 11 is 2.91. The number of thiazole rings is 1. The third-order valence-corrected chi connectivity index (χ3v) is 5.37. The van der Waals surface area contributed by atoms with Crippen molar-refractivity contribution in [2.75, 3.05) is 13.7 Å². The molecule has 5 nitrogen and oxygen atoms in total. The molecule has 0 spiro atoms. The summed E-state index contributed by atoms with van der Waals surface area (Å²) in [6.07, 6.45) is 1.79. The van der Waals surface area contributed by atoms with Gasteiger partial charge in [0.25, 0.3) is 0 Å². The van der Waals surface area contributed by atoms with Crippen LogP contribution in [0.5, 0.6) is 5.75 Å². The van der Waals surface area contributed by atoms with E-state index < -0.39 is 5.97 Å². The molecular weight excluding hydrogens is 368 g/mol. The van der Waals surface area contributed by atoms with Crippen LogP contribution >= 0.6 is 23.1 Å². The summed E-state index contributed by atoms with van der Waals surface area (Å²) in [5.74, 6) is 0.123. The van der Waals surface area contributed by atoms with Crippen LogP contribution < -0.4 is 4.74 Å². The molecule has 2 aromatic carbocycles. The van der Waals surface area contributed by atoms with Gasteiger partial charge in [-0.3, -0.25) is 0 Å². The summed E-state index contributed by atoms with van der Waals surface area (Å²) in [6, 6.07) is 17.2. The van der Waals surface area contributed by atoms with Crippen LogP contribution in [0.2, 0.25) is 0 Å². The van der Waals surface area contributed by atoms with Crippen LogP contribution in [0, 0.1) is 11.3 Å². The highest BCUT2D eigenvalue weighted by Gasteiger charge is 2.07. The molecule has 0 amide bonds. The Bertz CT molecular complexity index is 955. The van der Waals surface area contributed by atoms with E-state index >= 15 is 0 Å². The number of carbonyl (C=O) groups excluding carboxylic acids is 1. The van der Waals surface area contributed by atoms with Crippen molar-refractivity contribution in [3.8, 4) is 11.8 Å². The van der Waals surface area contributed by atoms with Crippen LogP contribution in [0.15, 0.2) is 57.8 Å². The monoisotopic (exact) mass is 382 g/mol. The Morgan fingerprint density at radius 1 is 1.27 bits per heavy atom. The Kier molecular flexibility index (Phi) is 5.89. The second-order valence-electron chi connectivity index (χ2n) is 5.10. The van der Waals surface area contributed by atoms with E-state index in [0.29, 0.717) is 10.7 Å². The number of rotatable bonds is 6. The van der Waals surface area contributed by atoms with Crippen molar-refractivity contribution in [3.63, 3.8) is 0 Å². The molecule has 0 saturated carbocycles. The van der Waals surface area contributed by atoms with Gasteiger partial charge in [-0.2, -0.15) is 5.26 Å².